The molecule has 0 N–H and O–H groups in total. The van der Waals surface area contributed by atoms with Crippen molar-refractivity contribution in [3.63, 3.8) is 0 Å². The maximum atomic E-state index is 12.0. The van der Waals surface area contributed by atoms with E-state index in [1.165, 1.54) is 11.4 Å². The van der Waals surface area contributed by atoms with Gasteiger partial charge < -0.3 is 9.47 Å². The van der Waals surface area contributed by atoms with Crippen molar-refractivity contribution in [3.8, 4) is 0 Å². The molecule has 1 rings (SSSR count). The van der Waals surface area contributed by atoms with Crippen LogP contribution in [0.1, 0.15) is 26.7 Å². The van der Waals surface area contributed by atoms with Gasteiger partial charge in [-0.05, 0) is 26.7 Å². The molecule has 1 aliphatic heterocycles. The van der Waals surface area contributed by atoms with Gasteiger partial charge in [0.05, 0.1) is 31.5 Å². The number of ether oxygens (including phenoxy) is 2. The van der Waals surface area contributed by atoms with E-state index in [1.54, 1.807) is 0 Å². The van der Waals surface area contributed by atoms with Gasteiger partial charge in [-0.2, -0.15) is 0 Å². The van der Waals surface area contributed by atoms with E-state index in [1.807, 2.05) is 13.8 Å². The van der Waals surface area contributed by atoms with Crippen molar-refractivity contribution in [2.75, 3.05) is 32.6 Å². The molecule has 0 aromatic rings. The Labute approximate surface area is 115 Å². The van der Waals surface area contributed by atoms with Crippen LogP contribution in [-0.2, 0) is 24.3 Å². The van der Waals surface area contributed by atoms with Gasteiger partial charge in [-0.3, -0.25) is 4.79 Å². The maximum Gasteiger partial charge on any atom is 0.308 e. The van der Waals surface area contributed by atoms with Gasteiger partial charge in [0.2, 0.25) is 10.0 Å². The smallest absolute Gasteiger partial charge is 0.308 e. The minimum Gasteiger partial charge on any atom is -0.469 e. The molecule has 0 aromatic heterocycles. The monoisotopic (exact) mass is 293 g/mol. The van der Waals surface area contributed by atoms with Crippen LogP contribution < -0.4 is 0 Å². The summed E-state index contributed by atoms with van der Waals surface area (Å²) in [6, 6.07) is 0. The number of nitrogens with zero attached hydrogens (tertiary/aromatic N) is 1. The Bertz CT molecular complexity index is 385. The predicted octanol–water partition coefficient (Wildman–Crippen LogP) is 0.626. The van der Waals surface area contributed by atoms with Crippen LogP contribution in [0.15, 0.2) is 0 Å². The summed E-state index contributed by atoms with van der Waals surface area (Å²) in [4.78, 5) is 11.4. The normalized spacial score (nSPS) is 18.7. The molecule has 0 bridgehead atoms. The van der Waals surface area contributed by atoms with E-state index in [0.717, 1.165) is 0 Å². The number of carbonyl (C=O) groups excluding carboxylic acids is 1. The molecule has 112 valence electrons. The molecule has 0 spiro atoms. The van der Waals surface area contributed by atoms with Crippen LogP contribution in [0.3, 0.4) is 0 Å². The van der Waals surface area contributed by atoms with Crippen LogP contribution >= 0.6 is 0 Å². The molecule has 0 saturated carbocycles. The first-order valence-electron chi connectivity index (χ1n) is 6.54. The van der Waals surface area contributed by atoms with Crippen molar-refractivity contribution in [1.29, 1.82) is 0 Å². The molecule has 0 unspecified atom stereocenters. The van der Waals surface area contributed by atoms with E-state index in [4.69, 9.17) is 4.74 Å². The number of piperidine rings is 1. The molecule has 1 saturated heterocycles. The highest BCUT2D eigenvalue weighted by Gasteiger charge is 2.31. The Morgan fingerprint density at radius 1 is 1.32 bits per heavy atom. The second-order valence-corrected chi connectivity index (χ2v) is 7.02. The second-order valence-electron chi connectivity index (χ2n) is 4.93. The highest BCUT2D eigenvalue weighted by molar-refractivity contribution is 7.89. The van der Waals surface area contributed by atoms with E-state index in [0.29, 0.717) is 25.9 Å². The summed E-state index contributed by atoms with van der Waals surface area (Å²) in [5, 5.41) is 0. The van der Waals surface area contributed by atoms with Crippen LogP contribution in [0.5, 0.6) is 0 Å². The fourth-order valence-corrected chi connectivity index (χ4v) is 3.39. The van der Waals surface area contributed by atoms with Crippen LogP contribution in [0.2, 0.25) is 0 Å². The predicted molar refractivity (Wildman–Crippen MR) is 71.2 cm³/mol. The third-order valence-electron chi connectivity index (χ3n) is 3.17. The lowest BCUT2D eigenvalue weighted by Crippen LogP contribution is -2.42. The molecular weight excluding hydrogens is 270 g/mol. The van der Waals surface area contributed by atoms with Gasteiger partial charge >= 0.3 is 5.97 Å². The van der Waals surface area contributed by atoms with E-state index in [2.05, 4.69) is 4.74 Å². The van der Waals surface area contributed by atoms with Crippen molar-refractivity contribution in [2.45, 2.75) is 32.8 Å². The molecular formula is C12H23NO5S. The Morgan fingerprint density at radius 3 is 2.37 bits per heavy atom. The van der Waals surface area contributed by atoms with Crippen LogP contribution in [0.25, 0.3) is 0 Å². The Hall–Kier alpha value is -0.660. The van der Waals surface area contributed by atoms with Crippen molar-refractivity contribution in [1.82, 2.24) is 4.31 Å². The van der Waals surface area contributed by atoms with Crippen molar-refractivity contribution >= 4 is 16.0 Å². The first-order chi connectivity index (χ1) is 8.86. The number of carbonyl (C=O) groups is 1. The molecule has 1 aliphatic rings. The molecule has 7 heteroatoms. The lowest BCUT2D eigenvalue weighted by Gasteiger charge is -2.29. The summed E-state index contributed by atoms with van der Waals surface area (Å²) < 4.78 is 35.5. The van der Waals surface area contributed by atoms with Gasteiger partial charge in [0, 0.05) is 13.1 Å². The molecule has 6 nitrogen and oxygen atoms in total. The topological polar surface area (TPSA) is 72.9 Å². The minimum atomic E-state index is -3.28. The van der Waals surface area contributed by atoms with Crippen LogP contribution in [0, 0.1) is 5.92 Å². The van der Waals surface area contributed by atoms with Gasteiger partial charge in [-0.15, -0.1) is 0 Å². The molecule has 1 heterocycles. The van der Waals surface area contributed by atoms with Gasteiger partial charge in [0.15, 0.2) is 0 Å². The number of esters is 1. The lowest BCUT2D eigenvalue weighted by molar-refractivity contribution is -0.146. The van der Waals surface area contributed by atoms with Crippen LogP contribution in [0.4, 0.5) is 0 Å². The third kappa shape index (κ3) is 5.08. The van der Waals surface area contributed by atoms with Crippen LogP contribution in [-0.4, -0.2) is 57.4 Å². The second kappa shape index (κ2) is 7.21. The summed E-state index contributed by atoms with van der Waals surface area (Å²) in [6.07, 6.45) is 1.08. The molecule has 19 heavy (non-hydrogen) atoms. The van der Waals surface area contributed by atoms with Gasteiger partial charge in [-0.25, -0.2) is 12.7 Å². The highest BCUT2D eigenvalue weighted by Crippen LogP contribution is 2.20. The van der Waals surface area contributed by atoms with Gasteiger partial charge in [-0.1, -0.05) is 0 Å². The summed E-state index contributed by atoms with van der Waals surface area (Å²) in [6.45, 7) is 4.70. The zero-order chi connectivity index (χ0) is 14.5. The highest BCUT2D eigenvalue weighted by atomic mass is 32.2. The van der Waals surface area contributed by atoms with Crippen molar-refractivity contribution in [3.05, 3.63) is 0 Å². The van der Waals surface area contributed by atoms with E-state index in [-0.39, 0.29) is 30.4 Å². The van der Waals surface area contributed by atoms with Gasteiger partial charge in [0.1, 0.15) is 0 Å². The number of methoxy groups -OCH3 is 1. The molecule has 1 fully saturated rings. The Kier molecular flexibility index (Phi) is 6.22. The molecule has 0 aliphatic carbocycles. The Balaban J connectivity index is 2.43. The third-order valence-corrected chi connectivity index (χ3v) is 5.01. The standard InChI is InChI=1S/C12H23NO5S/c1-10(2)18-8-9-19(15,16)13-6-4-11(5-7-13)12(14)17-3/h10-11H,4-9H2,1-3H3. The first kappa shape index (κ1) is 16.4. The van der Waals surface area contributed by atoms with E-state index < -0.39 is 10.0 Å². The van der Waals surface area contributed by atoms with Gasteiger partial charge in [0.25, 0.3) is 0 Å². The summed E-state index contributed by atoms with van der Waals surface area (Å²) >= 11 is 0. The fraction of sp³-hybridized carbons (Fsp3) is 0.917. The number of rotatable bonds is 6. The van der Waals surface area contributed by atoms with E-state index >= 15 is 0 Å². The quantitative estimate of drug-likeness (QED) is 0.672. The summed E-state index contributed by atoms with van der Waals surface area (Å²) in [5.74, 6) is -0.433. The number of hydrogen-bond acceptors (Lipinski definition) is 5. The molecule has 0 amide bonds. The average molecular weight is 293 g/mol. The SMILES string of the molecule is COC(=O)C1CCN(S(=O)(=O)CCOC(C)C)CC1. The first-order valence-corrected chi connectivity index (χ1v) is 8.15. The Morgan fingerprint density at radius 2 is 1.89 bits per heavy atom. The largest absolute Gasteiger partial charge is 0.469 e. The van der Waals surface area contributed by atoms with Crippen molar-refractivity contribution < 1.29 is 22.7 Å². The maximum absolute atomic E-state index is 12.0. The zero-order valence-corrected chi connectivity index (χ0v) is 12.6. The minimum absolute atomic E-state index is 0.00588. The zero-order valence-electron chi connectivity index (χ0n) is 11.8. The summed E-state index contributed by atoms with van der Waals surface area (Å²) in [7, 11) is -1.92. The molecule has 0 radical (unpaired) electrons. The fourth-order valence-electron chi connectivity index (χ4n) is 2.05. The number of sulfonamides is 1. The van der Waals surface area contributed by atoms with E-state index in [9.17, 15) is 13.2 Å². The average Bonchev–Trinajstić information content (AvgIpc) is 2.37. The lowest BCUT2D eigenvalue weighted by atomic mass is 9.99. The van der Waals surface area contributed by atoms with Crippen molar-refractivity contribution in [2.24, 2.45) is 5.92 Å². The molecule has 0 atom stereocenters. The number of hydrogen-bond donors (Lipinski definition) is 0. The molecule has 0 aromatic carbocycles. The summed E-state index contributed by atoms with van der Waals surface area (Å²) in [5.41, 5.74) is 0.